The third kappa shape index (κ3) is 5.21. The van der Waals surface area contributed by atoms with Gasteiger partial charge in [0, 0.05) is 26.2 Å². The summed E-state index contributed by atoms with van der Waals surface area (Å²) in [6, 6.07) is 15.2. The van der Waals surface area contributed by atoms with E-state index in [2.05, 4.69) is 17.0 Å². The Morgan fingerprint density at radius 1 is 0.846 bits per heavy atom. The maximum atomic E-state index is 12.8. The van der Waals surface area contributed by atoms with Crippen LogP contribution in [0.1, 0.15) is 17.5 Å². The molecule has 0 aromatic heterocycles. The van der Waals surface area contributed by atoms with Crippen molar-refractivity contribution in [1.29, 1.82) is 0 Å². The highest BCUT2D eigenvalue weighted by molar-refractivity contribution is 7.88. The molecule has 140 valence electrons. The Labute approximate surface area is 165 Å². The molecule has 0 unspecified atom stereocenters. The highest BCUT2D eigenvalue weighted by Gasteiger charge is 2.25. The van der Waals surface area contributed by atoms with E-state index in [-0.39, 0.29) is 5.75 Å². The average molecular weight is 413 g/mol. The molecule has 1 aliphatic heterocycles. The predicted molar refractivity (Wildman–Crippen MR) is 107 cm³/mol. The van der Waals surface area contributed by atoms with E-state index in [1.807, 2.05) is 18.2 Å². The van der Waals surface area contributed by atoms with E-state index < -0.39 is 10.0 Å². The van der Waals surface area contributed by atoms with E-state index in [0.29, 0.717) is 28.7 Å². The van der Waals surface area contributed by atoms with E-state index in [1.54, 1.807) is 22.5 Å². The summed E-state index contributed by atoms with van der Waals surface area (Å²) in [5.41, 5.74) is 1.91. The zero-order valence-electron chi connectivity index (χ0n) is 14.4. The van der Waals surface area contributed by atoms with E-state index in [0.717, 1.165) is 26.1 Å². The summed E-state index contributed by atoms with van der Waals surface area (Å²) in [6.45, 7) is 3.54. The molecular formula is C19H22Cl2N2O2S. The minimum Gasteiger partial charge on any atom is -0.298 e. The van der Waals surface area contributed by atoms with Crippen molar-refractivity contribution in [2.24, 2.45) is 0 Å². The van der Waals surface area contributed by atoms with Crippen molar-refractivity contribution in [2.45, 2.75) is 18.7 Å². The Balaban J connectivity index is 1.62. The summed E-state index contributed by atoms with van der Waals surface area (Å²) >= 11 is 11.9. The predicted octanol–water partition coefficient (Wildman–Crippen LogP) is 4.03. The lowest BCUT2D eigenvalue weighted by Crippen LogP contribution is -2.35. The number of rotatable bonds is 5. The van der Waals surface area contributed by atoms with Crippen LogP contribution in [0.2, 0.25) is 10.0 Å². The van der Waals surface area contributed by atoms with Gasteiger partial charge in [-0.2, -0.15) is 0 Å². The van der Waals surface area contributed by atoms with Gasteiger partial charge in [0.05, 0.1) is 15.8 Å². The van der Waals surface area contributed by atoms with Gasteiger partial charge >= 0.3 is 0 Å². The number of halogens is 2. The second-order valence-corrected chi connectivity index (χ2v) is 9.30. The number of nitrogens with zero attached hydrogens (tertiary/aromatic N) is 2. The molecule has 0 atom stereocenters. The topological polar surface area (TPSA) is 40.6 Å². The van der Waals surface area contributed by atoms with Crippen molar-refractivity contribution >= 4 is 33.2 Å². The van der Waals surface area contributed by atoms with Crippen molar-refractivity contribution in [1.82, 2.24) is 9.21 Å². The molecule has 26 heavy (non-hydrogen) atoms. The van der Waals surface area contributed by atoms with Crippen LogP contribution in [0.5, 0.6) is 0 Å². The third-order valence-electron chi connectivity index (χ3n) is 4.52. The first-order valence-corrected chi connectivity index (χ1v) is 11.0. The van der Waals surface area contributed by atoms with Crippen LogP contribution in [0.3, 0.4) is 0 Å². The molecule has 1 saturated heterocycles. The quantitative estimate of drug-likeness (QED) is 0.743. The number of hydrogen-bond donors (Lipinski definition) is 0. The summed E-state index contributed by atoms with van der Waals surface area (Å²) in [4.78, 5) is 2.31. The SMILES string of the molecule is O=S(=O)(Cc1ccc(Cl)c(Cl)c1)N1CCCN(Cc2ccccc2)CC1. The first kappa shape index (κ1) is 19.6. The molecule has 1 fully saturated rings. The van der Waals surface area contributed by atoms with Crippen LogP contribution in [0.15, 0.2) is 48.5 Å². The molecule has 0 saturated carbocycles. The van der Waals surface area contributed by atoms with Crippen molar-refractivity contribution in [3.05, 3.63) is 69.7 Å². The molecule has 7 heteroatoms. The molecule has 0 spiro atoms. The van der Waals surface area contributed by atoms with Crippen LogP contribution in [-0.2, 0) is 22.3 Å². The van der Waals surface area contributed by atoms with Gasteiger partial charge in [0.15, 0.2) is 0 Å². The van der Waals surface area contributed by atoms with Crippen LogP contribution < -0.4 is 0 Å². The summed E-state index contributed by atoms with van der Waals surface area (Å²) in [7, 11) is -3.38. The molecule has 0 amide bonds. The Kier molecular flexibility index (Phi) is 6.59. The van der Waals surface area contributed by atoms with Gasteiger partial charge in [-0.15, -0.1) is 0 Å². The lowest BCUT2D eigenvalue weighted by molar-refractivity contribution is 0.278. The Hall–Kier alpha value is -1.11. The highest BCUT2D eigenvalue weighted by atomic mass is 35.5. The van der Waals surface area contributed by atoms with Crippen molar-refractivity contribution in [2.75, 3.05) is 26.2 Å². The van der Waals surface area contributed by atoms with Gasteiger partial charge in [-0.1, -0.05) is 59.6 Å². The van der Waals surface area contributed by atoms with Gasteiger partial charge in [-0.05, 0) is 36.2 Å². The van der Waals surface area contributed by atoms with Gasteiger partial charge in [-0.3, -0.25) is 4.90 Å². The van der Waals surface area contributed by atoms with Crippen molar-refractivity contribution in [3.8, 4) is 0 Å². The molecule has 0 bridgehead atoms. The minimum atomic E-state index is -3.38. The fourth-order valence-corrected chi connectivity index (χ4v) is 5.03. The first-order chi connectivity index (χ1) is 12.4. The fraction of sp³-hybridized carbons (Fsp3) is 0.368. The zero-order chi connectivity index (χ0) is 18.6. The van der Waals surface area contributed by atoms with Crippen molar-refractivity contribution in [3.63, 3.8) is 0 Å². The minimum absolute atomic E-state index is 0.0530. The monoisotopic (exact) mass is 412 g/mol. The lowest BCUT2D eigenvalue weighted by Gasteiger charge is -2.22. The second kappa shape index (κ2) is 8.72. The number of sulfonamides is 1. The zero-order valence-corrected chi connectivity index (χ0v) is 16.8. The van der Waals surface area contributed by atoms with Gasteiger partial charge in [0.2, 0.25) is 10.0 Å². The summed E-state index contributed by atoms with van der Waals surface area (Å²) in [6.07, 6.45) is 0.827. The molecule has 0 aliphatic carbocycles. The first-order valence-electron chi connectivity index (χ1n) is 8.62. The van der Waals surface area contributed by atoms with Crippen LogP contribution in [-0.4, -0.2) is 43.8 Å². The summed E-state index contributed by atoms with van der Waals surface area (Å²) < 4.78 is 27.2. The summed E-state index contributed by atoms with van der Waals surface area (Å²) in [5, 5.41) is 0.809. The average Bonchev–Trinajstić information content (AvgIpc) is 2.85. The molecule has 4 nitrogen and oxygen atoms in total. The standard InChI is InChI=1S/C19H22Cl2N2O2S/c20-18-8-7-17(13-19(18)21)15-26(24,25)23-10-4-9-22(11-12-23)14-16-5-2-1-3-6-16/h1-3,5-8,13H,4,9-12,14-15H2. The van der Waals surface area contributed by atoms with E-state index >= 15 is 0 Å². The Morgan fingerprint density at radius 2 is 1.62 bits per heavy atom. The summed E-state index contributed by atoms with van der Waals surface area (Å²) in [5.74, 6) is -0.0530. The number of hydrogen-bond acceptors (Lipinski definition) is 3. The van der Waals surface area contributed by atoms with Crippen LogP contribution in [0, 0.1) is 0 Å². The van der Waals surface area contributed by atoms with Gasteiger partial charge < -0.3 is 0 Å². The molecule has 0 N–H and O–H groups in total. The fourth-order valence-electron chi connectivity index (χ4n) is 3.16. The van der Waals surface area contributed by atoms with E-state index in [9.17, 15) is 8.42 Å². The lowest BCUT2D eigenvalue weighted by atomic mass is 10.2. The smallest absolute Gasteiger partial charge is 0.218 e. The maximum Gasteiger partial charge on any atom is 0.218 e. The van der Waals surface area contributed by atoms with Crippen molar-refractivity contribution < 1.29 is 8.42 Å². The third-order valence-corrected chi connectivity index (χ3v) is 7.11. The molecule has 1 heterocycles. The largest absolute Gasteiger partial charge is 0.298 e. The Morgan fingerprint density at radius 3 is 2.35 bits per heavy atom. The molecule has 3 rings (SSSR count). The second-order valence-electron chi connectivity index (χ2n) is 6.52. The normalized spacial score (nSPS) is 17.2. The van der Waals surface area contributed by atoms with Gasteiger partial charge in [0.1, 0.15) is 0 Å². The molecule has 2 aromatic carbocycles. The van der Waals surface area contributed by atoms with Gasteiger partial charge in [0.25, 0.3) is 0 Å². The van der Waals surface area contributed by atoms with E-state index in [1.165, 1.54) is 5.56 Å². The van der Waals surface area contributed by atoms with Gasteiger partial charge in [-0.25, -0.2) is 12.7 Å². The van der Waals surface area contributed by atoms with Crippen LogP contribution in [0.25, 0.3) is 0 Å². The van der Waals surface area contributed by atoms with Crippen LogP contribution >= 0.6 is 23.2 Å². The Bertz CT molecular complexity index is 844. The van der Waals surface area contributed by atoms with Crippen LogP contribution in [0.4, 0.5) is 0 Å². The molecule has 1 aliphatic rings. The maximum absolute atomic E-state index is 12.8. The molecular weight excluding hydrogens is 391 g/mol. The van der Waals surface area contributed by atoms with E-state index in [4.69, 9.17) is 23.2 Å². The molecule has 0 radical (unpaired) electrons. The number of benzene rings is 2. The highest BCUT2D eigenvalue weighted by Crippen LogP contribution is 2.24. The molecule has 2 aromatic rings.